The Labute approximate surface area is 133 Å². The average Bonchev–Trinajstić information content (AvgIpc) is 2.34. The molecule has 2 N–H and O–H groups in total. The highest BCUT2D eigenvalue weighted by atomic mass is 79.9. The van der Waals surface area contributed by atoms with Crippen LogP contribution < -0.4 is 5.73 Å². The van der Waals surface area contributed by atoms with Gasteiger partial charge in [-0.05, 0) is 46.5 Å². The third-order valence-electron chi connectivity index (χ3n) is 3.15. The van der Waals surface area contributed by atoms with Crippen molar-refractivity contribution < 1.29 is 4.79 Å². The van der Waals surface area contributed by atoms with Crippen LogP contribution in [0.2, 0.25) is 5.02 Å². The first-order valence-electron chi connectivity index (χ1n) is 6.03. The molecule has 1 fully saturated rings. The molecule has 1 aliphatic heterocycles. The van der Waals surface area contributed by atoms with E-state index in [1.54, 1.807) is 0 Å². The Kier molecular flexibility index (Phi) is 6.60. The Morgan fingerprint density at radius 2 is 2.26 bits per heavy atom. The van der Waals surface area contributed by atoms with Gasteiger partial charge in [-0.2, -0.15) is 0 Å². The number of carbonyl (C=O) groups excluding carboxylic acids is 1. The first-order valence-corrected chi connectivity index (χ1v) is 7.20. The molecule has 0 unspecified atom stereocenters. The number of benzene rings is 1. The van der Waals surface area contributed by atoms with Crippen molar-refractivity contribution in [2.24, 2.45) is 5.73 Å². The predicted molar refractivity (Wildman–Crippen MR) is 83.9 cm³/mol. The van der Waals surface area contributed by atoms with E-state index in [0.29, 0.717) is 18.0 Å². The van der Waals surface area contributed by atoms with Gasteiger partial charge in [-0.1, -0.05) is 17.7 Å². The van der Waals surface area contributed by atoms with Gasteiger partial charge in [0.15, 0.2) is 0 Å². The highest BCUT2D eigenvalue weighted by Gasteiger charge is 2.21. The van der Waals surface area contributed by atoms with Gasteiger partial charge in [0.1, 0.15) is 0 Å². The van der Waals surface area contributed by atoms with Gasteiger partial charge in [0.2, 0.25) is 5.91 Å². The smallest absolute Gasteiger partial charge is 0.227 e. The lowest BCUT2D eigenvalue weighted by molar-refractivity contribution is -0.131. The van der Waals surface area contributed by atoms with E-state index in [9.17, 15) is 4.79 Å². The molecule has 0 aromatic heterocycles. The first kappa shape index (κ1) is 16.8. The topological polar surface area (TPSA) is 46.3 Å². The molecule has 19 heavy (non-hydrogen) atoms. The largest absolute Gasteiger partial charge is 0.341 e. The van der Waals surface area contributed by atoms with E-state index in [0.717, 1.165) is 29.4 Å². The third kappa shape index (κ3) is 4.63. The molecule has 1 aromatic carbocycles. The number of nitrogens with two attached hydrogens (primary N) is 1. The van der Waals surface area contributed by atoms with Gasteiger partial charge in [0, 0.05) is 23.6 Å². The molecule has 1 saturated heterocycles. The van der Waals surface area contributed by atoms with Crippen LogP contribution >= 0.6 is 39.9 Å². The summed E-state index contributed by atoms with van der Waals surface area (Å²) in [5.74, 6) is 0.128. The maximum Gasteiger partial charge on any atom is 0.227 e. The van der Waals surface area contributed by atoms with Crippen molar-refractivity contribution in [2.45, 2.75) is 25.3 Å². The number of hydrogen-bond donors (Lipinski definition) is 1. The number of amides is 1. The van der Waals surface area contributed by atoms with E-state index >= 15 is 0 Å². The van der Waals surface area contributed by atoms with Crippen molar-refractivity contribution >= 4 is 45.8 Å². The molecule has 1 amide bonds. The Balaban J connectivity index is 0.00000180. The lowest BCUT2D eigenvalue weighted by Crippen LogP contribution is -2.46. The molecule has 1 aromatic rings. The molecule has 0 spiro atoms. The summed E-state index contributed by atoms with van der Waals surface area (Å²) in [6, 6.07) is 5.73. The molecular weight excluding hydrogens is 351 g/mol. The van der Waals surface area contributed by atoms with Gasteiger partial charge < -0.3 is 10.6 Å². The van der Waals surface area contributed by atoms with E-state index in [1.165, 1.54) is 0 Å². The highest BCUT2D eigenvalue weighted by molar-refractivity contribution is 9.10. The summed E-state index contributed by atoms with van der Waals surface area (Å²) < 4.78 is 0.848. The summed E-state index contributed by atoms with van der Waals surface area (Å²) in [5, 5.41) is 0.635. The van der Waals surface area contributed by atoms with Crippen LogP contribution in [0.1, 0.15) is 18.4 Å². The summed E-state index contributed by atoms with van der Waals surface area (Å²) >= 11 is 9.35. The van der Waals surface area contributed by atoms with Gasteiger partial charge in [-0.3, -0.25) is 4.79 Å². The van der Waals surface area contributed by atoms with Crippen molar-refractivity contribution in [1.29, 1.82) is 0 Å². The van der Waals surface area contributed by atoms with Crippen molar-refractivity contribution in [2.75, 3.05) is 13.1 Å². The number of carbonyl (C=O) groups is 1. The maximum atomic E-state index is 12.1. The van der Waals surface area contributed by atoms with Crippen LogP contribution in [0.25, 0.3) is 0 Å². The number of piperidine rings is 1. The molecule has 0 radical (unpaired) electrons. The fourth-order valence-corrected chi connectivity index (χ4v) is 2.62. The minimum Gasteiger partial charge on any atom is -0.341 e. The molecule has 1 aliphatic rings. The molecule has 1 heterocycles. The van der Waals surface area contributed by atoms with Gasteiger partial charge in [-0.25, -0.2) is 0 Å². The zero-order valence-corrected chi connectivity index (χ0v) is 13.6. The third-order valence-corrected chi connectivity index (χ3v) is 4.38. The van der Waals surface area contributed by atoms with Crippen LogP contribution in [0.3, 0.4) is 0 Å². The highest BCUT2D eigenvalue weighted by Crippen LogP contribution is 2.23. The zero-order valence-electron chi connectivity index (χ0n) is 10.4. The molecule has 2 rings (SSSR count). The second-order valence-corrected chi connectivity index (χ2v) is 5.93. The number of nitrogens with zero attached hydrogens (tertiary/aromatic N) is 1. The summed E-state index contributed by atoms with van der Waals surface area (Å²) in [4.78, 5) is 14.0. The van der Waals surface area contributed by atoms with Crippen LogP contribution in [-0.4, -0.2) is 29.9 Å². The molecule has 0 bridgehead atoms. The van der Waals surface area contributed by atoms with Crippen LogP contribution in [0.15, 0.2) is 22.7 Å². The molecule has 106 valence electrons. The number of rotatable bonds is 2. The molecule has 3 nitrogen and oxygen atoms in total. The molecule has 6 heteroatoms. The summed E-state index contributed by atoms with van der Waals surface area (Å²) in [7, 11) is 0. The Hall–Kier alpha value is -0.290. The van der Waals surface area contributed by atoms with Crippen molar-refractivity contribution in [3.63, 3.8) is 0 Å². The van der Waals surface area contributed by atoms with E-state index in [4.69, 9.17) is 17.3 Å². The van der Waals surface area contributed by atoms with Crippen LogP contribution in [0.5, 0.6) is 0 Å². The monoisotopic (exact) mass is 366 g/mol. The SMILES string of the molecule is Cl.N[C@H]1CCCN(C(=O)Cc2ccc(Br)c(Cl)c2)C1. The Morgan fingerprint density at radius 3 is 2.89 bits per heavy atom. The van der Waals surface area contributed by atoms with Gasteiger partial charge in [-0.15, -0.1) is 12.4 Å². The fraction of sp³-hybridized carbons (Fsp3) is 0.462. The van der Waals surface area contributed by atoms with E-state index in [-0.39, 0.29) is 24.4 Å². The van der Waals surface area contributed by atoms with Crippen molar-refractivity contribution in [3.05, 3.63) is 33.3 Å². The normalized spacial score (nSPS) is 18.9. The van der Waals surface area contributed by atoms with E-state index in [1.807, 2.05) is 23.1 Å². The summed E-state index contributed by atoms with van der Waals surface area (Å²) in [6.45, 7) is 1.49. The Bertz CT molecular complexity index is 456. The number of hydrogen-bond acceptors (Lipinski definition) is 2. The lowest BCUT2D eigenvalue weighted by atomic mass is 10.1. The zero-order chi connectivity index (χ0) is 13.1. The maximum absolute atomic E-state index is 12.1. The second-order valence-electron chi connectivity index (χ2n) is 4.67. The quantitative estimate of drug-likeness (QED) is 0.873. The van der Waals surface area contributed by atoms with Crippen LogP contribution in [-0.2, 0) is 11.2 Å². The van der Waals surface area contributed by atoms with Crippen molar-refractivity contribution in [1.82, 2.24) is 4.90 Å². The van der Waals surface area contributed by atoms with E-state index < -0.39 is 0 Å². The van der Waals surface area contributed by atoms with Crippen LogP contribution in [0, 0.1) is 0 Å². The van der Waals surface area contributed by atoms with Gasteiger partial charge >= 0.3 is 0 Å². The van der Waals surface area contributed by atoms with E-state index in [2.05, 4.69) is 15.9 Å². The molecule has 0 aliphatic carbocycles. The molecule has 0 saturated carbocycles. The average molecular weight is 368 g/mol. The first-order chi connectivity index (χ1) is 8.56. The lowest BCUT2D eigenvalue weighted by Gasteiger charge is -2.30. The Morgan fingerprint density at radius 1 is 1.53 bits per heavy atom. The number of halogens is 3. The van der Waals surface area contributed by atoms with Gasteiger partial charge in [0.25, 0.3) is 0 Å². The standard InChI is InChI=1S/C13H16BrClN2O.ClH/c14-11-4-3-9(6-12(11)15)7-13(18)17-5-1-2-10(16)8-17;/h3-4,6,10H,1-2,5,7-8,16H2;1H/t10-;/m0./s1. The van der Waals surface area contributed by atoms with Crippen LogP contribution in [0.4, 0.5) is 0 Å². The number of likely N-dealkylation sites (tertiary alicyclic amines) is 1. The minimum atomic E-state index is 0. The molecule has 1 atom stereocenters. The van der Waals surface area contributed by atoms with Crippen molar-refractivity contribution in [3.8, 4) is 0 Å². The minimum absolute atomic E-state index is 0. The molecular formula is C13H17BrCl2N2O. The fourth-order valence-electron chi connectivity index (χ4n) is 2.17. The predicted octanol–water partition coefficient (Wildman–Crippen LogP) is 3.02. The second kappa shape index (κ2) is 7.48. The summed E-state index contributed by atoms with van der Waals surface area (Å²) in [5.41, 5.74) is 6.82. The summed E-state index contributed by atoms with van der Waals surface area (Å²) in [6.07, 6.45) is 2.39. The van der Waals surface area contributed by atoms with Gasteiger partial charge in [0.05, 0.1) is 11.4 Å².